The molecule has 0 unspecified atom stereocenters. The lowest BCUT2D eigenvalue weighted by molar-refractivity contribution is 0.179. The van der Waals surface area contributed by atoms with E-state index >= 15 is 0 Å². The van der Waals surface area contributed by atoms with Crippen LogP contribution >= 0.6 is 0 Å². The van der Waals surface area contributed by atoms with E-state index in [-0.39, 0.29) is 6.10 Å². The molecular formula is C13H21N3O. The number of hydrogen-bond donors (Lipinski definition) is 1. The van der Waals surface area contributed by atoms with Crippen LogP contribution in [-0.4, -0.2) is 22.6 Å². The second-order valence-electron chi connectivity index (χ2n) is 5.40. The van der Waals surface area contributed by atoms with E-state index in [1.165, 1.54) is 19.3 Å². The van der Waals surface area contributed by atoms with Crippen LogP contribution in [0.25, 0.3) is 0 Å². The van der Waals surface area contributed by atoms with Gasteiger partial charge in [0.2, 0.25) is 11.8 Å². The molecule has 1 aromatic rings. The van der Waals surface area contributed by atoms with Crippen molar-refractivity contribution >= 4 is 5.95 Å². The van der Waals surface area contributed by atoms with Gasteiger partial charge in [0, 0.05) is 18.8 Å². The Balaban J connectivity index is 1.91. The summed E-state index contributed by atoms with van der Waals surface area (Å²) in [6, 6.07) is 1.79. The molecule has 1 saturated carbocycles. The zero-order chi connectivity index (χ0) is 12.3. The van der Waals surface area contributed by atoms with E-state index in [0.29, 0.717) is 17.2 Å². The number of anilines is 1. The van der Waals surface area contributed by atoms with Crippen molar-refractivity contribution in [3.05, 3.63) is 12.3 Å². The van der Waals surface area contributed by atoms with Gasteiger partial charge in [-0.3, -0.25) is 0 Å². The number of nitrogens with one attached hydrogen (secondary N) is 1. The minimum Gasteiger partial charge on any atom is -0.475 e. The molecule has 0 radical (unpaired) electrons. The van der Waals surface area contributed by atoms with Crippen LogP contribution in [0.1, 0.15) is 40.0 Å². The van der Waals surface area contributed by atoms with Gasteiger partial charge < -0.3 is 10.1 Å². The molecule has 1 heterocycles. The predicted octanol–water partition coefficient (Wildman–Crippen LogP) is 2.87. The molecule has 1 fully saturated rings. The number of hydrogen-bond acceptors (Lipinski definition) is 4. The summed E-state index contributed by atoms with van der Waals surface area (Å²) in [5.74, 6) is 1.30. The summed E-state index contributed by atoms with van der Waals surface area (Å²) < 4.78 is 5.54. The Hall–Kier alpha value is -1.32. The van der Waals surface area contributed by atoms with Gasteiger partial charge in [-0.15, -0.1) is 0 Å². The van der Waals surface area contributed by atoms with Crippen LogP contribution in [0.15, 0.2) is 12.3 Å². The zero-order valence-corrected chi connectivity index (χ0v) is 10.9. The molecule has 1 aliphatic carbocycles. The van der Waals surface area contributed by atoms with Crippen molar-refractivity contribution in [2.45, 2.75) is 46.1 Å². The van der Waals surface area contributed by atoms with Crippen LogP contribution in [0.4, 0.5) is 5.95 Å². The second kappa shape index (κ2) is 4.90. The summed E-state index contributed by atoms with van der Waals surface area (Å²) in [5.41, 5.74) is 0.429. The first-order chi connectivity index (χ1) is 8.07. The number of ether oxygens (including phenoxy) is 1. The summed E-state index contributed by atoms with van der Waals surface area (Å²) >= 11 is 0. The maximum atomic E-state index is 5.54. The van der Waals surface area contributed by atoms with Gasteiger partial charge in [-0.05, 0) is 32.1 Å². The van der Waals surface area contributed by atoms with Crippen LogP contribution in [0.2, 0.25) is 0 Å². The van der Waals surface area contributed by atoms with Crippen molar-refractivity contribution in [2.75, 3.05) is 11.9 Å². The fraction of sp³-hybridized carbons (Fsp3) is 0.692. The molecule has 4 nitrogen and oxygen atoms in total. The van der Waals surface area contributed by atoms with Gasteiger partial charge in [-0.1, -0.05) is 13.3 Å². The molecule has 0 saturated heterocycles. The van der Waals surface area contributed by atoms with Gasteiger partial charge in [0.15, 0.2) is 0 Å². The Morgan fingerprint density at radius 2 is 2.24 bits per heavy atom. The van der Waals surface area contributed by atoms with E-state index in [0.717, 1.165) is 6.54 Å². The number of nitrogens with zero attached hydrogens (tertiary/aromatic N) is 2. The highest BCUT2D eigenvalue weighted by Gasteiger charge is 2.31. The van der Waals surface area contributed by atoms with Crippen LogP contribution in [0, 0.1) is 5.41 Å². The minimum atomic E-state index is 0.141. The third-order valence-electron chi connectivity index (χ3n) is 3.22. The molecule has 0 spiro atoms. The second-order valence-corrected chi connectivity index (χ2v) is 5.40. The Labute approximate surface area is 103 Å². The normalized spacial score (nSPS) is 17.6. The molecule has 17 heavy (non-hydrogen) atoms. The highest BCUT2D eigenvalue weighted by molar-refractivity contribution is 5.28. The third kappa shape index (κ3) is 3.32. The molecule has 0 bridgehead atoms. The average Bonchev–Trinajstić information content (AvgIpc) is 2.23. The molecule has 1 aromatic heterocycles. The lowest BCUT2D eigenvalue weighted by Gasteiger charge is -2.38. The first-order valence-corrected chi connectivity index (χ1v) is 6.31. The molecule has 1 aliphatic rings. The smallest absolute Gasteiger partial charge is 0.225 e. The summed E-state index contributed by atoms with van der Waals surface area (Å²) in [6.07, 6.45) is 5.80. The molecular weight excluding hydrogens is 214 g/mol. The fourth-order valence-electron chi connectivity index (χ4n) is 1.98. The molecule has 94 valence electrons. The lowest BCUT2D eigenvalue weighted by Crippen LogP contribution is -2.33. The van der Waals surface area contributed by atoms with Gasteiger partial charge in [0.1, 0.15) is 0 Å². The van der Waals surface area contributed by atoms with Crippen molar-refractivity contribution in [3.8, 4) is 5.88 Å². The maximum absolute atomic E-state index is 5.54. The van der Waals surface area contributed by atoms with Crippen molar-refractivity contribution in [2.24, 2.45) is 5.41 Å². The van der Waals surface area contributed by atoms with Crippen LogP contribution in [0.3, 0.4) is 0 Å². The Morgan fingerprint density at radius 3 is 2.82 bits per heavy atom. The molecule has 0 atom stereocenters. The molecule has 2 rings (SSSR count). The Morgan fingerprint density at radius 1 is 1.47 bits per heavy atom. The van der Waals surface area contributed by atoms with E-state index in [1.54, 1.807) is 12.3 Å². The van der Waals surface area contributed by atoms with Gasteiger partial charge in [0.25, 0.3) is 0 Å². The van der Waals surface area contributed by atoms with Gasteiger partial charge in [-0.25, -0.2) is 4.98 Å². The van der Waals surface area contributed by atoms with Crippen molar-refractivity contribution in [1.82, 2.24) is 9.97 Å². The number of aromatic nitrogens is 2. The summed E-state index contributed by atoms with van der Waals surface area (Å²) in [6.45, 7) is 7.23. The fourth-order valence-corrected chi connectivity index (χ4v) is 1.98. The standard InChI is InChI=1S/C13H21N3O/c1-10(2)17-11-5-8-14-12(16-11)15-9-13(3)6-4-7-13/h5,8,10H,4,6-7,9H2,1-3H3,(H,14,15,16). The van der Waals surface area contributed by atoms with E-state index in [4.69, 9.17) is 4.74 Å². The van der Waals surface area contributed by atoms with Gasteiger partial charge >= 0.3 is 0 Å². The first kappa shape index (κ1) is 12.1. The topological polar surface area (TPSA) is 47.0 Å². The lowest BCUT2D eigenvalue weighted by atomic mass is 9.70. The first-order valence-electron chi connectivity index (χ1n) is 6.31. The minimum absolute atomic E-state index is 0.141. The molecule has 1 N–H and O–H groups in total. The maximum Gasteiger partial charge on any atom is 0.225 e. The number of rotatable bonds is 5. The van der Waals surface area contributed by atoms with E-state index < -0.39 is 0 Å². The molecule has 4 heteroatoms. The summed E-state index contributed by atoms with van der Waals surface area (Å²) in [5, 5.41) is 3.30. The SMILES string of the molecule is CC(C)Oc1ccnc(NCC2(C)CCC2)n1. The third-order valence-corrected chi connectivity index (χ3v) is 3.22. The van der Waals surface area contributed by atoms with E-state index in [1.807, 2.05) is 13.8 Å². The molecule has 0 aromatic carbocycles. The van der Waals surface area contributed by atoms with E-state index in [2.05, 4.69) is 22.2 Å². The summed E-state index contributed by atoms with van der Waals surface area (Å²) in [7, 11) is 0. The van der Waals surface area contributed by atoms with Crippen LogP contribution < -0.4 is 10.1 Å². The quantitative estimate of drug-likeness (QED) is 0.852. The largest absolute Gasteiger partial charge is 0.475 e. The summed E-state index contributed by atoms with van der Waals surface area (Å²) in [4.78, 5) is 8.54. The van der Waals surface area contributed by atoms with Crippen molar-refractivity contribution in [3.63, 3.8) is 0 Å². The van der Waals surface area contributed by atoms with Crippen LogP contribution in [0.5, 0.6) is 5.88 Å². The van der Waals surface area contributed by atoms with Crippen LogP contribution in [-0.2, 0) is 0 Å². The Kier molecular flexibility index (Phi) is 3.50. The van der Waals surface area contributed by atoms with E-state index in [9.17, 15) is 0 Å². The highest BCUT2D eigenvalue weighted by atomic mass is 16.5. The zero-order valence-electron chi connectivity index (χ0n) is 10.9. The van der Waals surface area contributed by atoms with Gasteiger partial charge in [-0.2, -0.15) is 4.98 Å². The van der Waals surface area contributed by atoms with Crippen molar-refractivity contribution < 1.29 is 4.74 Å². The van der Waals surface area contributed by atoms with Crippen molar-refractivity contribution in [1.29, 1.82) is 0 Å². The van der Waals surface area contributed by atoms with Gasteiger partial charge in [0.05, 0.1) is 6.10 Å². The molecule has 0 amide bonds. The Bertz CT molecular complexity index is 375. The average molecular weight is 235 g/mol. The predicted molar refractivity (Wildman–Crippen MR) is 68.2 cm³/mol. The molecule has 0 aliphatic heterocycles. The highest BCUT2D eigenvalue weighted by Crippen LogP contribution is 2.39. The monoisotopic (exact) mass is 235 g/mol.